The Bertz CT molecular complexity index is 6910. The third-order valence-electron chi connectivity index (χ3n) is 22.4. The zero-order chi connectivity index (χ0) is 76.9. The van der Waals surface area contributed by atoms with Crippen LogP contribution in [-0.4, -0.2) is 46.6 Å². The van der Waals surface area contributed by atoms with E-state index in [1.807, 2.05) is 30.3 Å². The molecule has 0 aliphatic carbocycles. The van der Waals surface area contributed by atoms with E-state index < -0.39 is 0 Å². The van der Waals surface area contributed by atoms with Crippen molar-refractivity contribution in [2.75, 3.05) is 0 Å². The number of halogens is 1. The van der Waals surface area contributed by atoms with Crippen LogP contribution < -0.4 is 5.46 Å². The molecule has 0 bridgehead atoms. The highest BCUT2D eigenvalue weighted by Crippen LogP contribution is 2.42. The molecular formula is C104H78BBrN6O2. The predicted octanol–water partition coefficient (Wildman–Crippen LogP) is 26.7. The van der Waals surface area contributed by atoms with Gasteiger partial charge in [-0.1, -0.05) is 283 Å². The van der Waals surface area contributed by atoms with Crippen LogP contribution in [-0.2, 0) is 9.31 Å². The summed E-state index contributed by atoms with van der Waals surface area (Å²) in [5.41, 5.74) is 28.0. The van der Waals surface area contributed by atoms with E-state index in [0.29, 0.717) is 0 Å². The molecule has 1 fully saturated rings. The van der Waals surface area contributed by atoms with Crippen molar-refractivity contribution in [3.8, 4) is 101 Å². The maximum atomic E-state index is 6.30. The lowest BCUT2D eigenvalue weighted by Gasteiger charge is -2.32. The van der Waals surface area contributed by atoms with Crippen LogP contribution in [0.5, 0.6) is 0 Å². The molecule has 0 atom stereocenters. The van der Waals surface area contributed by atoms with E-state index in [1.165, 1.54) is 105 Å². The van der Waals surface area contributed by atoms with Gasteiger partial charge in [-0.2, -0.15) is 0 Å². The van der Waals surface area contributed by atoms with Gasteiger partial charge in [-0.15, -0.1) is 0 Å². The average molecular weight is 1530 g/mol. The number of imidazole rings is 2. The lowest BCUT2D eigenvalue weighted by atomic mass is 9.78. The second-order valence-electron chi connectivity index (χ2n) is 30.1. The van der Waals surface area contributed by atoms with Gasteiger partial charge in [0.1, 0.15) is 11.6 Å². The molecule has 16 aromatic carbocycles. The molecule has 0 saturated carbocycles. The lowest BCUT2D eigenvalue weighted by Crippen LogP contribution is -2.41. The van der Waals surface area contributed by atoms with Gasteiger partial charge in [-0.3, -0.25) is 9.13 Å². The van der Waals surface area contributed by atoms with E-state index in [-0.39, 0.29) is 18.3 Å². The second-order valence-corrected chi connectivity index (χ2v) is 31.0. The van der Waals surface area contributed by atoms with Crippen LogP contribution in [0.25, 0.3) is 167 Å². The Hall–Kier alpha value is -13.5. The third kappa shape index (κ3) is 13.5. The largest absolute Gasteiger partial charge is 0.494 e. The van der Waals surface area contributed by atoms with Gasteiger partial charge in [0.05, 0.1) is 55.3 Å². The fraction of sp³-hybridized carbons (Fsp3) is 0.0577. The number of para-hydroxylation sites is 10. The van der Waals surface area contributed by atoms with Crippen molar-refractivity contribution < 1.29 is 9.31 Å². The van der Waals surface area contributed by atoms with Crippen molar-refractivity contribution in [1.29, 1.82) is 0 Å². The quantitative estimate of drug-likeness (QED) is 0.114. The number of hydrogen-bond donors (Lipinski definition) is 0. The van der Waals surface area contributed by atoms with Gasteiger partial charge in [-0.05, 0) is 222 Å². The van der Waals surface area contributed by atoms with E-state index in [1.54, 1.807) is 0 Å². The molecular weight excluding hydrogens is 1460 g/mol. The Balaban J connectivity index is 0.000000122. The molecule has 0 N–H and O–H groups in total. The summed E-state index contributed by atoms with van der Waals surface area (Å²) in [5.74, 6) is 1.89. The zero-order valence-corrected chi connectivity index (χ0v) is 65.1. The number of benzene rings is 16. The van der Waals surface area contributed by atoms with E-state index in [0.717, 1.165) is 71.7 Å². The fourth-order valence-electron chi connectivity index (χ4n) is 16.0. The van der Waals surface area contributed by atoms with Crippen LogP contribution in [0.4, 0.5) is 0 Å². The van der Waals surface area contributed by atoms with Crippen molar-refractivity contribution in [3.05, 3.63) is 405 Å². The van der Waals surface area contributed by atoms with Crippen molar-refractivity contribution in [2.45, 2.75) is 38.9 Å². The van der Waals surface area contributed by atoms with Gasteiger partial charge in [0.2, 0.25) is 0 Å². The number of nitrogens with zero attached hydrogens (tertiary/aromatic N) is 6. The molecule has 1 aliphatic rings. The molecule has 0 radical (unpaired) electrons. The summed E-state index contributed by atoms with van der Waals surface area (Å²) in [6.45, 7) is 8.36. The van der Waals surface area contributed by atoms with Gasteiger partial charge in [-0.25, -0.2) is 9.97 Å². The number of hydrogen-bond acceptors (Lipinski definition) is 4. The fourth-order valence-corrected chi connectivity index (χ4v) is 16.4. The Morgan fingerprint density at radius 1 is 0.237 bits per heavy atom. The Morgan fingerprint density at radius 3 is 0.947 bits per heavy atom. The van der Waals surface area contributed by atoms with E-state index in [2.05, 4.69) is 432 Å². The van der Waals surface area contributed by atoms with Crippen LogP contribution >= 0.6 is 15.9 Å². The van der Waals surface area contributed by atoms with Crippen molar-refractivity contribution in [1.82, 2.24) is 28.2 Å². The highest BCUT2D eigenvalue weighted by Gasteiger charge is 2.51. The molecule has 21 rings (SSSR count). The highest BCUT2D eigenvalue weighted by molar-refractivity contribution is 9.10. The van der Waals surface area contributed by atoms with Crippen molar-refractivity contribution >= 4 is 94.2 Å². The summed E-state index contributed by atoms with van der Waals surface area (Å²) in [5, 5.41) is 5.02. The lowest BCUT2D eigenvalue weighted by molar-refractivity contribution is 0.00578. The summed E-state index contributed by atoms with van der Waals surface area (Å²) in [7, 11) is -0.367. The molecule has 546 valence electrons. The topological polar surface area (TPSA) is 64.0 Å². The van der Waals surface area contributed by atoms with Gasteiger partial charge >= 0.3 is 7.12 Å². The van der Waals surface area contributed by atoms with E-state index >= 15 is 0 Å². The molecule has 4 aromatic heterocycles. The Morgan fingerprint density at radius 2 is 0.535 bits per heavy atom. The molecule has 1 aliphatic heterocycles. The number of rotatable bonds is 12. The summed E-state index contributed by atoms with van der Waals surface area (Å²) in [6, 6.07) is 142. The average Bonchev–Trinajstić information content (AvgIpc) is 1.60. The first-order valence-corrected chi connectivity index (χ1v) is 39.6. The normalized spacial score (nSPS) is 13.0. The number of fused-ring (bicyclic) bond motifs is 8. The molecule has 20 aromatic rings. The third-order valence-corrected chi connectivity index (χ3v) is 22.9. The van der Waals surface area contributed by atoms with Crippen molar-refractivity contribution in [2.24, 2.45) is 0 Å². The monoisotopic (exact) mass is 1530 g/mol. The highest BCUT2D eigenvalue weighted by atomic mass is 79.9. The summed E-state index contributed by atoms with van der Waals surface area (Å²) < 4.78 is 22.9. The summed E-state index contributed by atoms with van der Waals surface area (Å²) in [4.78, 5) is 9.99. The minimum atomic E-state index is -0.367. The number of aromatic nitrogens is 6. The molecule has 114 heavy (non-hydrogen) atoms. The molecule has 0 amide bonds. The van der Waals surface area contributed by atoms with E-state index in [4.69, 9.17) is 19.3 Å². The Kier molecular flexibility index (Phi) is 18.6. The van der Waals surface area contributed by atoms with Crippen LogP contribution in [0, 0.1) is 0 Å². The minimum absolute atomic E-state index is 0.355. The molecule has 8 nitrogen and oxygen atoms in total. The van der Waals surface area contributed by atoms with Crippen LogP contribution in [0.1, 0.15) is 27.7 Å². The van der Waals surface area contributed by atoms with Crippen LogP contribution in [0.15, 0.2) is 405 Å². The van der Waals surface area contributed by atoms with Gasteiger partial charge in [0, 0.05) is 59.9 Å². The van der Waals surface area contributed by atoms with Crippen LogP contribution in [0.2, 0.25) is 0 Å². The molecule has 1 saturated heterocycles. The first-order chi connectivity index (χ1) is 55.9. The Labute approximate surface area is 672 Å². The summed E-state index contributed by atoms with van der Waals surface area (Å²) in [6.07, 6.45) is 0. The zero-order valence-electron chi connectivity index (χ0n) is 63.6. The molecule has 5 heterocycles. The van der Waals surface area contributed by atoms with Gasteiger partial charge < -0.3 is 18.4 Å². The maximum absolute atomic E-state index is 6.30. The molecule has 0 unspecified atom stereocenters. The minimum Gasteiger partial charge on any atom is -0.399 e. The predicted molar refractivity (Wildman–Crippen MR) is 479 cm³/mol. The smallest absolute Gasteiger partial charge is 0.399 e. The van der Waals surface area contributed by atoms with Gasteiger partial charge in [0.15, 0.2) is 0 Å². The second kappa shape index (κ2) is 30.0. The van der Waals surface area contributed by atoms with Crippen molar-refractivity contribution in [3.63, 3.8) is 0 Å². The van der Waals surface area contributed by atoms with E-state index in [9.17, 15) is 0 Å². The first-order valence-electron chi connectivity index (χ1n) is 38.8. The molecule has 10 heteroatoms. The first kappa shape index (κ1) is 70.9. The summed E-state index contributed by atoms with van der Waals surface area (Å²) >= 11 is 3.55. The molecule has 0 spiro atoms. The SMILES string of the molecule is Brc1cccc(-c2ccc(-c3nc4ccccc4n3-c3ccccc3)cc2)c1.CC1(C)OB(c2cccc(-c3ccc4c(c3)c3ccccc3n4-c3ccccc3)c2)OC1(C)C.c1ccc(-n2c(-c3ccc(-c4cccc(-c5cccc(-c6ccc7c(c6)c6ccccc6n7-c6ccccc6)c5)c4)cc3)nc3ccccc32)cc1. The van der Waals surface area contributed by atoms with Gasteiger partial charge in [0.25, 0.3) is 0 Å². The standard InChI is InChI=1S/C49H33N3.C30H28BNO2.C25H17BrN2/c1-3-17-41(18-4-1)51-46-23-9-7-21-43(46)44-33-40(29-30-47(44)51)39-16-12-15-38(32-39)37-14-11-13-36(31-37)34-25-27-35(28-26-34)49-50-45-22-8-10-24-48(45)52(49)42-19-5-2-6-20-42;1-29(2)30(3,4)34-31(33-29)23-12-10-11-21(19-23)22-17-18-28-26(20-22)25-15-8-9-16-27(25)32(28)24-13-6-5-7-14-24;26-21-8-6-7-20(17-21)18-13-15-19(16-14-18)25-27-23-11-4-5-12-24(23)28(25)22-9-2-1-3-10-22/h1-33H;5-20H,1-4H3;1-17H. The maximum Gasteiger partial charge on any atom is 0.494 e. The van der Waals surface area contributed by atoms with Crippen LogP contribution in [0.3, 0.4) is 0 Å².